The third-order valence-corrected chi connectivity index (χ3v) is 7.50. The number of benzene rings is 1. The molecule has 2 heterocycles. The molecule has 2 aromatic heterocycles. The van der Waals surface area contributed by atoms with Gasteiger partial charge < -0.3 is 19.7 Å². The van der Waals surface area contributed by atoms with Crippen LogP contribution in [0.5, 0.6) is 11.5 Å². The summed E-state index contributed by atoms with van der Waals surface area (Å²) < 4.78 is 10.7. The van der Waals surface area contributed by atoms with Crippen LogP contribution in [0.1, 0.15) is 52.9 Å². The molecule has 1 N–H and O–H groups in total. The number of amides is 1. The number of aryl methyl sites for hydroxylation is 1. The molecular weight excluding hydrogens is 424 g/mol. The lowest BCUT2D eigenvalue weighted by atomic mass is 9.94. The van der Waals surface area contributed by atoms with Crippen LogP contribution in [0.4, 0.5) is 5.82 Å². The highest BCUT2D eigenvalue weighted by Crippen LogP contribution is 2.36. The van der Waals surface area contributed by atoms with E-state index in [1.807, 2.05) is 25.1 Å². The van der Waals surface area contributed by atoms with Crippen LogP contribution in [-0.2, 0) is 6.54 Å². The Kier molecular flexibility index (Phi) is 6.79. The molecule has 1 aromatic carbocycles. The Bertz CT molecular complexity index is 1110. The summed E-state index contributed by atoms with van der Waals surface area (Å²) in [5.41, 5.74) is 1.79. The quantitative estimate of drug-likeness (QED) is 0.557. The molecule has 1 aliphatic rings. The molecule has 0 radical (unpaired) electrons. The number of nitrogens with one attached hydrogen (secondary N) is 1. The average Bonchev–Trinajstić information content (AvgIpc) is 3.19. The van der Waals surface area contributed by atoms with E-state index in [-0.39, 0.29) is 5.91 Å². The maximum absolute atomic E-state index is 13.1. The molecule has 0 bridgehead atoms. The van der Waals surface area contributed by atoms with Crippen LogP contribution < -0.4 is 19.7 Å². The van der Waals surface area contributed by atoms with Crippen LogP contribution in [-0.4, -0.2) is 43.2 Å². The molecule has 1 aliphatic carbocycles. The molecule has 0 saturated heterocycles. The lowest BCUT2D eigenvalue weighted by Crippen LogP contribution is -2.34. The van der Waals surface area contributed by atoms with Crippen LogP contribution in [0.25, 0.3) is 10.2 Å². The van der Waals surface area contributed by atoms with Gasteiger partial charge in [-0.3, -0.25) is 4.79 Å². The number of hydrogen-bond donors (Lipinski definition) is 1. The molecule has 32 heavy (non-hydrogen) atoms. The Morgan fingerprint density at radius 1 is 1.19 bits per heavy atom. The van der Waals surface area contributed by atoms with E-state index >= 15 is 0 Å². The molecule has 170 valence electrons. The van der Waals surface area contributed by atoms with Crippen molar-refractivity contribution in [2.75, 3.05) is 26.2 Å². The average molecular weight is 455 g/mol. The second-order valence-corrected chi connectivity index (χ2v) is 9.20. The van der Waals surface area contributed by atoms with Crippen LogP contribution >= 0.6 is 11.3 Å². The van der Waals surface area contributed by atoms with E-state index in [0.717, 1.165) is 32.9 Å². The van der Waals surface area contributed by atoms with Crippen molar-refractivity contribution < 1.29 is 14.3 Å². The first kappa shape index (κ1) is 22.3. The fourth-order valence-corrected chi connectivity index (χ4v) is 5.51. The standard InChI is InChI=1S/C24H30N4O3S/c1-15-20-22(28(2)17-8-6-5-7-9-17)26-14-27-24(20)32-21(15)23(29)25-13-16-12-18(30-3)10-11-19(16)31-4/h10-12,14,17H,5-9,13H2,1-4H3,(H,25,29). The first-order chi connectivity index (χ1) is 15.5. The molecule has 0 aliphatic heterocycles. The number of hydrogen-bond acceptors (Lipinski definition) is 7. The van der Waals surface area contributed by atoms with E-state index in [2.05, 4.69) is 27.2 Å². The summed E-state index contributed by atoms with van der Waals surface area (Å²) in [5, 5.41) is 4.01. The van der Waals surface area contributed by atoms with E-state index in [4.69, 9.17) is 9.47 Å². The number of anilines is 1. The molecule has 3 aromatic rings. The van der Waals surface area contributed by atoms with Crippen LogP contribution in [0, 0.1) is 6.92 Å². The van der Waals surface area contributed by atoms with Gasteiger partial charge in [0.25, 0.3) is 5.91 Å². The zero-order valence-electron chi connectivity index (χ0n) is 19.1. The highest BCUT2D eigenvalue weighted by molar-refractivity contribution is 7.20. The number of fused-ring (bicyclic) bond motifs is 1. The van der Waals surface area contributed by atoms with Crippen molar-refractivity contribution in [2.24, 2.45) is 0 Å². The van der Waals surface area contributed by atoms with Crippen LogP contribution in [0.2, 0.25) is 0 Å². The Labute approximate surface area is 192 Å². The molecule has 0 unspecified atom stereocenters. The van der Waals surface area contributed by atoms with Gasteiger partial charge in [0.2, 0.25) is 0 Å². The van der Waals surface area contributed by atoms with E-state index < -0.39 is 0 Å². The van der Waals surface area contributed by atoms with Crippen LogP contribution in [0.3, 0.4) is 0 Å². The maximum Gasteiger partial charge on any atom is 0.261 e. The van der Waals surface area contributed by atoms with Gasteiger partial charge in [-0.15, -0.1) is 11.3 Å². The van der Waals surface area contributed by atoms with Crippen molar-refractivity contribution in [3.8, 4) is 11.5 Å². The Morgan fingerprint density at radius 2 is 1.97 bits per heavy atom. The topological polar surface area (TPSA) is 76.6 Å². The monoisotopic (exact) mass is 454 g/mol. The van der Waals surface area contributed by atoms with Gasteiger partial charge in [-0.1, -0.05) is 19.3 Å². The van der Waals surface area contributed by atoms with Gasteiger partial charge in [0.1, 0.15) is 28.5 Å². The highest BCUT2D eigenvalue weighted by atomic mass is 32.1. The van der Waals surface area contributed by atoms with E-state index in [0.29, 0.717) is 23.2 Å². The number of carbonyl (C=O) groups is 1. The summed E-state index contributed by atoms with van der Waals surface area (Å²) in [6, 6.07) is 6.04. The first-order valence-electron chi connectivity index (χ1n) is 11.0. The van der Waals surface area contributed by atoms with Crippen molar-refractivity contribution >= 4 is 33.3 Å². The molecular formula is C24H30N4O3S. The van der Waals surface area contributed by atoms with Gasteiger partial charge in [-0.2, -0.15) is 0 Å². The number of methoxy groups -OCH3 is 2. The predicted molar refractivity (Wildman–Crippen MR) is 128 cm³/mol. The Hall–Kier alpha value is -2.87. The normalized spacial score (nSPS) is 14.4. The summed E-state index contributed by atoms with van der Waals surface area (Å²) in [6.45, 7) is 2.33. The molecule has 8 heteroatoms. The first-order valence-corrected chi connectivity index (χ1v) is 11.8. The molecule has 7 nitrogen and oxygen atoms in total. The number of rotatable bonds is 7. The maximum atomic E-state index is 13.1. The van der Waals surface area contributed by atoms with Crippen molar-refractivity contribution in [3.63, 3.8) is 0 Å². The summed E-state index contributed by atoms with van der Waals surface area (Å²) >= 11 is 1.42. The summed E-state index contributed by atoms with van der Waals surface area (Å²) in [5.74, 6) is 2.23. The highest BCUT2D eigenvalue weighted by Gasteiger charge is 2.25. The van der Waals surface area contributed by atoms with Gasteiger partial charge in [0.15, 0.2) is 0 Å². The van der Waals surface area contributed by atoms with Gasteiger partial charge in [-0.25, -0.2) is 9.97 Å². The Balaban J connectivity index is 1.58. The largest absolute Gasteiger partial charge is 0.497 e. The smallest absolute Gasteiger partial charge is 0.261 e. The summed E-state index contributed by atoms with van der Waals surface area (Å²) in [7, 11) is 5.35. The van der Waals surface area contributed by atoms with Gasteiger partial charge >= 0.3 is 0 Å². The third-order valence-electron chi connectivity index (χ3n) is 6.30. The fraction of sp³-hybridized carbons (Fsp3) is 0.458. The lowest BCUT2D eigenvalue weighted by molar-refractivity contribution is 0.0954. The molecule has 1 saturated carbocycles. The number of ether oxygens (including phenoxy) is 2. The van der Waals surface area contributed by atoms with Crippen molar-refractivity contribution in [2.45, 2.75) is 51.6 Å². The minimum Gasteiger partial charge on any atom is -0.497 e. The van der Waals surface area contributed by atoms with Gasteiger partial charge in [0, 0.05) is 25.2 Å². The van der Waals surface area contributed by atoms with Crippen molar-refractivity contribution in [1.29, 1.82) is 0 Å². The number of thiophene rings is 1. The second kappa shape index (κ2) is 9.73. The molecule has 1 amide bonds. The predicted octanol–water partition coefficient (Wildman–Crippen LogP) is 4.72. The van der Waals surface area contributed by atoms with Gasteiger partial charge in [-0.05, 0) is 43.5 Å². The number of aromatic nitrogens is 2. The Morgan fingerprint density at radius 3 is 2.69 bits per heavy atom. The zero-order valence-corrected chi connectivity index (χ0v) is 19.9. The summed E-state index contributed by atoms with van der Waals surface area (Å²) in [4.78, 5) is 26.0. The SMILES string of the molecule is COc1ccc(OC)c(CNC(=O)c2sc3ncnc(N(C)C4CCCCC4)c3c2C)c1. The van der Waals surface area contributed by atoms with Crippen molar-refractivity contribution in [1.82, 2.24) is 15.3 Å². The molecule has 0 atom stereocenters. The molecule has 0 spiro atoms. The molecule has 1 fully saturated rings. The van der Waals surface area contributed by atoms with Gasteiger partial charge in [0.05, 0.1) is 24.5 Å². The lowest BCUT2D eigenvalue weighted by Gasteiger charge is -2.32. The third kappa shape index (κ3) is 4.37. The minimum absolute atomic E-state index is 0.123. The molecule has 4 rings (SSSR count). The minimum atomic E-state index is -0.123. The van der Waals surface area contributed by atoms with Crippen molar-refractivity contribution in [3.05, 3.63) is 40.5 Å². The van der Waals surface area contributed by atoms with E-state index in [9.17, 15) is 4.79 Å². The fourth-order valence-electron chi connectivity index (χ4n) is 4.45. The van der Waals surface area contributed by atoms with E-state index in [1.54, 1.807) is 20.5 Å². The summed E-state index contributed by atoms with van der Waals surface area (Å²) in [6.07, 6.45) is 7.79. The number of carbonyl (C=O) groups excluding carboxylic acids is 1. The zero-order chi connectivity index (χ0) is 22.7. The van der Waals surface area contributed by atoms with Crippen LogP contribution in [0.15, 0.2) is 24.5 Å². The second-order valence-electron chi connectivity index (χ2n) is 8.20. The number of nitrogens with zero attached hydrogens (tertiary/aromatic N) is 3. The van der Waals surface area contributed by atoms with E-state index in [1.165, 1.54) is 43.4 Å².